The molecule has 0 spiro atoms. The van der Waals surface area contributed by atoms with E-state index in [1.165, 1.54) is 24.3 Å². The molecule has 4 heteroatoms. The summed E-state index contributed by atoms with van der Waals surface area (Å²) in [5.74, 6) is -0.529. The van der Waals surface area contributed by atoms with E-state index in [1.807, 2.05) is 0 Å². The number of aromatic hydroxyl groups is 1. The molecule has 2 aromatic carbocycles. The second-order valence-electron chi connectivity index (χ2n) is 4.53. The Bertz CT molecular complexity index is 654. The first kappa shape index (κ1) is 11.7. The number of hydrogen-bond donors (Lipinski definition) is 1. The van der Waals surface area contributed by atoms with Crippen LogP contribution in [0.15, 0.2) is 42.5 Å². The number of carbonyl (C=O) groups is 1. The molecule has 96 valence electrons. The van der Waals surface area contributed by atoms with Crippen LogP contribution in [0.1, 0.15) is 15.9 Å². The highest BCUT2D eigenvalue weighted by molar-refractivity contribution is 6.07. The number of phenols is 1. The lowest BCUT2D eigenvalue weighted by Gasteiger charge is -2.17. The molecule has 3 rings (SSSR count). The van der Waals surface area contributed by atoms with Crippen LogP contribution in [-0.2, 0) is 6.42 Å². The first-order chi connectivity index (χ1) is 9.15. The van der Waals surface area contributed by atoms with Crippen LogP contribution in [0, 0.1) is 5.82 Å². The lowest BCUT2D eigenvalue weighted by molar-refractivity contribution is 0.0989. The predicted octanol–water partition coefficient (Wildman–Crippen LogP) is 2.73. The Morgan fingerprint density at radius 3 is 2.84 bits per heavy atom. The van der Waals surface area contributed by atoms with Crippen molar-refractivity contribution >= 4 is 11.6 Å². The fourth-order valence-corrected chi connectivity index (χ4v) is 2.36. The second-order valence-corrected chi connectivity index (χ2v) is 4.53. The number of amides is 1. The summed E-state index contributed by atoms with van der Waals surface area (Å²) in [6.45, 7) is 0.535. The van der Waals surface area contributed by atoms with E-state index in [4.69, 9.17) is 0 Å². The average molecular weight is 257 g/mol. The molecular weight excluding hydrogens is 245 g/mol. The van der Waals surface area contributed by atoms with E-state index in [0.717, 1.165) is 12.0 Å². The van der Waals surface area contributed by atoms with Crippen molar-refractivity contribution in [3.63, 3.8) is 0 Å². The third-order valence-electron chi connectivity index (χ3n) is 3.28. The zero-order valence-electron chi connectivity index (χ0n) is 10.1. The van der Waals surface area contributed by atoms with Gasteiger partial charge in [0.2, 0.25) is 0 Å². The Balaban J connectivity index is 1.97. The topological polar surface area (TPSA) is 40.5 Å². The van der Waals surface area contributed by atoms with Crippen molar-refractivity contribution in [2.24, 2.45) is 0 Å². The summed E-state index contributed by atoms with van der Waals surface area (Å²) >= 11 is 0. The first-order valence-corrected chi connectivity index (χ1v) is 6.04. The standard InChI is InChI=1S/C15H12FNO2/c16-12-5-4-10-6-7-17(14(10)9-12)15(19)11-2-1-3-13(18)8-11/h1-5,8-9,18H,6-7H2. The van der Waals surface area contributed by atoms with Gasteiger partial charge in [-0.15, -0.1) is 0 Å². The molecule has 0 aromatic heterocycles. The molecular formula is C15H12FNO2. The molecule has 1 amide bonds. The minimum absolute atomic E-state index is 0.0458. The van der Waals surface area contributed by atoms with Gasteiger partial charge in [0.15, 0.2) is 0 Å². The summed E-state index contributed by atoms with van der Waals surface area (Å²) in [5.41, 5.74) is 1.99. The van der Waals surface area contributed by atoms with Crippen LogP contribution in [0.2, 0.25) is 0 Å². The first-order valence-electron chi connectivity index (χ1n) is 6.04. The molecule has 1 N–H and O–H groups in total. The van der Waals surface area contributed by atoms with Crippen LogP contribution >= 0.6 is 0 Å². The van der Waals surface area contributed by atoms with Crippen molar-refractivity contribution in [2.45, 2.75) is 6.42 Å². The van der Waals surface area contributed by atoms with Crippen LogP contribution in [0.3, 0.4) is 0 Å². The zero-order valence-corrected chi connectivity index (χ0v) is 10.1. The highest BCUT2D eigenvalue weighted by Crippen LogP contribution is 2.30. The highest BCUT2D eigenvalue weighted by atomic mass is 19.1. The molecule has 0 saturated carbocycles. The van der Waals surface area contributed by atoms with E-state index < -0.39 is 0 Å². The molecule has 0 unspecified atom stereocenters. The number of anilines is 1. The number of halogens is 1. The van der Waals surface area contributed by atoms with Gasteiger partial charge in [-0.2, -0.15) is 0 Å². The number of rotatable bonds is 1. The van der Waals surface area contributed by atoms with Crippen molar-refractivity contribution in [3.8, 4) is 5.75 Å². The van der Waals surface area contributed by atoms with Gasteiger partial charge in [0, 0.05) is 12.1 Å². The monoisotopic (exact) mass is 257 g/mol. The van der Waals surface area contributed by atoms with Crippen molar-refractivity contribution in [3.05, 3.63) is 59.4 Å². The third-order valence-corrected chi connectivity index (χ3v) is 3.28. The number of phenolic OH excluding ortho intramolecular Hbond substituents is 1. The van der Waals surface area contributed by atoms with Crippen molar-refractivity contribution in [2.75, 3.05) is 11.4 Å². The molecule has 0 bridgehead atoms. The number of nitrogens with zero attached hydrogens (tertiary/aromatic N) is 1. The van der Waals surface area contributed by atoms with Gasteiger partial charge in [-0.25, -0.2) is 4.39 Å². The molecule has 1 aliphatic heterocycles. The molecule has 0 atom stereocenters. The van der Waals surface area contributed by atoms with E-state index >= 15 is 0 Å². The summed E-state index contributed by atoms with van der Waals surface area (Å²) in [6.07, 6.45) is 0.722. The minimum atomic E-state index is -0.352. The predicted molar refractivity (Wildman–Crippen MR) is 69.9 cm³/mol. The summed E-state index contributed by atoms with van der Waals surface area (Å²) in [5, 5.41) is 9.41. The zero-order chi connectivity index (χ0) is 13.4. The summed E-state index contributed by atoms with van der Waals surface area (Å²) < 4.78 is 13.3. The second kappa shape index (κ2) is 4.39. The Kier molecular flexibility index (Phi) is 2.71. The normalized spacial score (nSPS) is 13.4. The Labute approximate surface area is 109 Å². The average Bonchev–Trinajstić information content (AvgIpc) is 2.80. The van der Waals surface area contributed by atoms with Crippen LogP contribution < -0.4 is 4.90 Å². The van der Waals surface area contributed by atoms with Gasteiger partial charge in [-0.1, -0.05) is 12.1 Å². The molecule has 1 heterocycles. The van der Waals surface area contributed by atoms with Gasteiger partial charge in [0.1, 0.15) is 11.6 Å². The van der Waals surface area contributed by atoms with Crippen molar-refractivity contribution < 1.29 is 14.3 Å². The molecule has 3 nitrogen and oxygen atoms in total. The molecule has 1 aliphatic rings. The molecule has 0 radical (unpaired) electrons. The van der Waals surface area contributed by atoms with Gasteiger partial charge >= 0.3 is 0 Å². The van der Waals surface area contributed by atoms with E-state index in [-0.39, 0.29) is 17.5 Å². The van der Waals surface area contributed by atoms with E-state index in [9.17, 15) is 14.3 Å². The SMILES string of the molecule is O=C(c1cccc(O)c1)N1CCc2ccc(F)cc21. The van der Waals surface area contributed by atoms with E-state index in [0.29, 0.717) is 17.8 Å². The fraction of sp³-hybridized carbons (Fsp3) is 0.133. The minimum Gasteiger partial charge on any atom is -0.508 e. The number of fused-ring (bicyclic) bond motifs is 1. The molecule has 0 fully saturated rings. The quantitative estimate of drug-likeness (QED) is 0.853. The molecule has 0 aliphatic carbocycles. The third kappa shape index (κ3) is 2.05. The van der Waals surface area contributed by atoms with Crippen molar-refractivity contribution in [1.29, 1.82) is 0 Å². The Morgan fingerprint density at radius 2 is 2.05 bits per heavy atom. The highest BCUT2D eigenvalue weighted by Gasteiger charge is 2.26. The maximum atomic E-state index is 13.3. The lowest BCUT2D eigenvalue weighted by atomic mass is 10.1. The largest absolute Gasteiger partial charge is 0.508 e. The van der Waals surface area contributed by atoms with Crippen LogP contribution in [-0.4, -0.2) is 17.6 Å². The number of carbonyl (C=O) groups excluding carboxylic acids is 1. The maximum Gasteiger partial charge on any atom is 0.258 e. The maximum absolute atomic E-state index is 13.3. The smallest absolute Gasteiger partial charge is 0.258 e. The Hall–Kier alpha value is -2.36. The summed E-state index contributed by atoms with van der Waals surface area (Å²) in [7, 11) is 0. The van der Waals surface area contributed by atoms with Gasteiger partial charge in [-0.3, -0.25) is 4.79 Å². The summed E-state index contributed by atoms with van der Waals surface area (Å²) in [6, 6.07) is 10.7. The fourth-order valence-electron chi connectivity index (χ4n) is 2.36. The van der Waals surface area contributed by atoms with Gasteiger partial charge in [-0.05, 0) is 42.3 Å². The number of hydrogen-bond acceptors (Lipinski definition) is 2. The molecule has 0 saturated heterocycles. The van der Waals surface area contributed by atoms with E-state index in [2.05, 4.69) is 0 Å². The van der Waals surface area contributed by atoms with E-state index in [1.54, 1.807) is 23.1 Å². The van der Waals surface area contributed by atoms with Gasteiger partial charge in [0.25, 0.3) is 5.91 Å². The summed E-state index contributed by atoms with van der Waals surface area (Å²) in [4.78, 5) is 13.9. The van der Waals surface area contributed by atoms with Crippen molar-refractivity contribution in [1.82, 2.24) is 0 Å². The lowest BCUT2D eigenvalue weighted by Crippen LogP contribution is -2.28. The van der Waals surface area contributed by atoms with Crippen LogP contribution in [0.5, 0.6) is 5.75 Å². The van der Waals surface area contributed by atoms with Gasteiger partial charge < -0.3 is 10.0 Å². The Morgan fingerprint density at radius 1 is 1.21 bits per heavy atom. The molecule has 19 heavy (non-hydrogen) atoms. The molecule has 2 aromatic rings. The van der Waals surface area contributed by atoms with Crippen LogP contribution in [0.25, 0.3) is 0 Å². The van der Waals surface area contributed by atoms with Gasteiger partial charge in [0.05, 0.1) is 5.69 Å². The van der Waals surface area contributed by atoms with Crippen LogP contribution in [0.4, 0.5) is 10.1 Å². The number of benzene rings is 2.